The lowest BCUT2D eigenvalue weighted by molar-refractivity contribution is -0.384. The smallest absolute Gasteiger partial charge is 0.329 e. The minimum absolute atomic E-state index is 0.0533. The lowest BCUT2D eigenvalue weighted by Gasteiger charge is -2.08. The summed E-state index contributed by atoms with van der Waals surface area (Å²) in [5.41, 5.74) is 3.58. The van der Waals surface area contributed by atoms with Crippen molar-refractivity contribution in [1.82, 2.24) is 9.97 Å². The molecule has 4 N–H and O–H groups in total. The molecule has 0 aliphatic carbocycles. The van der Waals surface area contributed by atoms with Crippen LogP contribution in [0.1, 0.15) is 5.56 Å². The van der Waals surface area contributed by atoms with E-state index in [1.807, 2.05) is 18.2 Å². The van der Waals surface area contributed by atoms with Gasteiger partial charge in [0, 0.05) is 12.8 Å². The highest BCUT2D eigenvalue weighted by atomic mass is 16.6. The average Bonchev–Trinajstić information content (AvgIpc) is 2.47. The molecule has 0 saturated heterocycles. The van der Waals surface area contributed by atoms with Crippen LogP contribution in [0.25, 0.3) is 0 Å². The van der Waals surface area contributed by atoms with Crippen molar-refractivity contribution in [3.05, 3.63) is 46.1 Å². The third-order valence-electron chi connectivity index (χ3n) is 2.60. The van der Waals surface area contributed by atoms with Gasteiger partial charge >= 0.3 is 5.69 Å². The molecule has 0 bridgehead atoms. The van der Waals surface area contributed by atoms with Crippen LogP contribution in [-0.2, 0) is 11.3 Å². The van der Waals surface area contributed by atoms with Crippen LogP contribution in [0.3, 0.4) is 0 Å². The Balaban J connectivity index is 2.33. The summed E-state index contributed by atoms with van der Waals surface area (Å²) in [5.74, 6) is 5.35. The first-order valence-electron chi connectivity index (χ1n) is 5.97. The van der Waals surface area contributed by atoms with Crippen molar-refractivity contribution in [2.75, 3.05) is 17.9 Å². The summed E-state index contributed by atoms with van der Waals surface area (Å²) >= 11 is 0. The van der Waals surface area contributed by atoms with E-state index in [1.165, 1.54) is 0 Å². The zero-order valence-electron chi connectivity index (χ0n) is 11.2. The molecule has 0 spiro atoms. The normalized spacial score (nSPS) is 10.2. The van der Waals surface area contributed by atoms with Gasteiger partial charge in [0.15, 0.2) is 0 Å². The number of hydrazine groups is 1. The molecule has 9 heteroatoms. The average molecular weight is 290 g/mol. The van der Waals surface area contributed by atoms with Crippen LogP contribution in [-0.4, -0.2) is 22.0 Å². The van der Waals surface area contributed by atoms with Gasteiger partial charge < -0.3 is 10.1 Å². The molecule has 1 aromatic heterocycles. The van der Waals surface area contributed by atoms with E-state index in [9.17, 15) is 10.1 Å². The number of ether oxygens (including phenoxy) is 1. The van der Waals surface area contributed by atoms with Crippen LogP contribution in [0.15, 0.2) is 30.5 Å². The van der Waals surface area contributed by atoms with E-state index in [0.29, 0.717) is 12.3 Å². The number of nitrogen functional groups attached to an aromatic ring is 1. The highest BCUT2D eigenvalue weighted by Gasteiger charge is 2.17. The Morgan fingerprint density at radius 1 is 1.48 bits per heavy atom. The maximum atomic E-state index is 11.0. The highest BCUT2D eigenvalue weighted by Crippen LogP contribution is 2.26. The van der Waals surface area contributed by atoms with Crippen LogP contribution < -0.4 is 16.6 Å². The molecule has 2 aromatic rings. The number of nitro groups is 1. The number of aromatic nitrogens is 2. The summed E-state index contributed by atoms with van der Waals surface area (Å²) in [6.07, 6.45) is 1.09. The van der Waals surface area contributed by atoms with Gasteiger partial charge in [0.1, 0.15) is 6.20 Å². The van der Waals surface area contributed by atoms with Crippen LogP contribution in [0.2, 0.25) is 0 Å². The fourth-order valence-electron chi connectivity index (χ4n) is 1.71. The van der Waals surface area contributed by atoms with E-state index in [-0.39, 0.29) is 17.5 Å². The SMILES string of the molecule is COCc1cccc(Nc2nc(NN)ncc2[N+](=O)[O-])c1. The number of hydrogen-bond acceptors (Lipinski definition) is 8. The molecule has 0 atom stereocenters. The molecule has 1 aromatic carbocycles. The molecule has 9 nitrogen and oxygen atoms in total. The Morgan fingerprint density at radius 3 is 2.95 bits per heavy atom. The summed E-state index contributed by atoms with van der Waals surface area (Å²) in [4.78, 5) is 18.1. The Bertz CT molecular complexity index is 649. The molecular weight excluding hydrogens is 276 g/mol. The highest BCUT2D eigenvalue weighted by molar-refractivity contribution is 5.66. The van der Waals surface area contributed by atoms with Crippen molar-refractivity contribution in [2.24, 2.45) is 5.84 Å². The second kappa shape index (κ2) is 6.59. The van der Waals surface area contributed by atoms with Crippen molar-refractivity contribution < 1.29 is 9.66 Å². The zero-order chi connectivity index (χ0) is 15.2. The predicted molar refractivity (Wildman–Crippen MR) is 76.9 cm³/mol. The van der Waals surface area contributed by atoms with Gasteiger partial charge in [0.2, 0.25) is 11.8 Å². The van der Waals surface area contributed by atoms with Crippen molar-refractivity contribution in [1.29, 1.82) is 0 Å². The molecule has 21 heavy (non-hydrogen) atoms. The molecule has 0 amide bonds. The van der Waals surface area contributed by atoms with E-state index >= 15 is 0 Å². The van der Waals surface area contributed by atoms with Gasteiger partial charge in [0.05, 0.1) is 11.5 Å². The monoisotopic (exact) mass is 290 g/mol. The summed E-state index contributed by atoms with van der Waals surface area (Å²) in [5, 5.41) is 13.9. The van der Waals surface area contributed by atoms with Gasteiger partial charge in [-0.05, 0) is 17.7 Å². The molecule has 0 radical (unpaired) electrons. The van der Waals surface area contributed by atoms with Crippen molar-refractivity contribution in [3.63, 3.8) is 0 Å². The van der Waals surface area contributed by atoms with E-state index in [2.05, 4.69) is 20.7 Å². The molecule has 0 unspecified atom stereocenters. The number of anilines is 3. The Morgan fingerprint density at radius 2 is 2.29 bits per heavy atom. The number of benzene rings is 1. The van der Waals surface area contributed by atoms with E-state index in [4.69, 9.17) is 10.6 Å². The molecule has 110 valence electrons. The summed E-state index contributed by atoms with van der Waals surface area (Å²) in [6, 6.07) is 7.27. The Labute approximate surface area is 120 Å². The standard InChI is InChI=1S/C12H14N6O3/c1-21-7-8-3-2-4-9(5-8)15-11-10(18(19)20)6-14-12(16-11)17-13/h2-6H,7,13H2,1H3,(H2,14,15,16,17). The van der Waals surface area contributed by atoms with Gasteiger partial charge in [-0.3, -0.25) is 15.5 Å². The third-order valence-corrected chi connectivity index (χ3v) is 2.60. The lowest BCUT2D eigenvalue weighted by Crippen LogP contribution is -2.12. The van der Waals surface area contributed by atoms with E-state index in [0.717, 1.165) is 11.8 Å². The molecule has 2 rings (SSSR count). The van der Waals surface area contributed by atoms with Crippen LogP contribution in [0.4, 0.5) is 23.1 Å². The maximum absolute atomic E-state index is 11.0. The molecular formula is C12H14N6O3. The quantitative estimate of drug-likeness (QED) is 0.415. The summed E-state index contributed by atoms with van der Waals surface area (Å²) in [7, 11) is 1.59. The fraction of sp³-hybridized carbons (Fsp3) is 0.167. The first kappa shape index (κ1) is 14.6. The first-order chi connectivity index (χ1) is 10.1. The molecule has 1 heterocycles. The fourth-order valence-corrected chi connectivity index (χ4v) is 1.71. The number of rotatable bonds is 6. The third kappa shape index (κ3) is 3.61. The van der Waals surface area contributed by atoms with Gasteiger partial charge in [-0.1, -0.05) is 12.1 Å². The minimum atomic E-state index is -0.568. The number of nitrogens with two attached hydrogens (primary N) is 1. The summed E-state index contributed by atoms with van der Waals surface area (Å²) in [6.45, 7) is 0.441. The van der Waals surface area contributed by atoms with Gasteiger partial charge in [-0.25, -0.2) is 10.8 Å². The molecule has 0 fully saturated rings. The number of nitrogens with one attached hydrogen (secondary N) is 2. The second-order valence-corrected chi connectivity index (χ2v) is 4.09. The summed E-state index contributed by atoms with van der Waals surface area (Å²) < 4.78 is 5.04. The van der Waals surface area contributed by atoms with Crippen LogP contribution in [0.5, 0.6) is 0 Å². The zero-order valence-corrected chi connectivity index (χ0v) is 11.2. The van der Waals surface area contributed by atoms with Crippen LogP contribution in [0, 0.1) is 10.1 Å². The van der Waals surface area contributed by atoms with Crippen molar-refractivity contribution in [3.8, 4) is 0 Å². The molecule has 0 aliphatic rings. The molecule has 0 saturated carbocycles. The Kier molecular flexibility index (Phi) is 4.59. The van der Waals surface area contributed by atoms with Gasteiger partial charge in [-0.2, -0.15) is 4.98 Å². The van der Waals surface area contributed by atoms with Crippen molar-refractivity contribution >= 4 is 23.1 Å². The topological polar surface area (TPSA) is 128 Å². The van der Waals surface area contributed by atoms with E-state index < -0.39 is 4.92 Å². The van der Waals surface area contributed by atoms with E-state index in [1.54, 1.807) is 13.2 Å². The Hall–Kier alpha value is -2.78. The maximum Gasteiger partial charge on any atom is 0.329 e. The molecule has 0 aliphatic heterocycles. The number of hydrogen-bond donors (Lipinski definition) is 3. The van der Waals surface area contributed by atoms with Gasteiger partial charge in [-0.15, -0.1) is 0 Å². The predicted octanol–water partition coefficient (Wildman–Crippen LogP) is 1.56. The largest absolute Gasteiger partial charge is 0.380 e. The number of nitrogens with zero attached hydrogens (tertiary/aromatic N) is 3. The second-order valence-electron chi connectivity index (χ2n) is 4.09. The first-order valence-corrected chi connectivity index (χ1v) is 5.97. The minimum Gasteiger partial charge on any atom is -0.380 e. The van der Waals surface area contributed by atoms with Crippen molar-refractivity contribution in [2.45, 2.75) is 6.61 Å². The van der Waals surface area contributed by atoms with Crippen LogP contribution >= 0.6 is 0 Å². The lowest BCUT2D eigenvalue weighted by atomic mass is 10.2. The van der Waals surface area contributed by atoms with Gasteiger partial charge in [0.25, 0.3) is 0 Å². The number of methoxy groups -OCH3 is 1.